The highest BCUT2D eigenvalue weighted by Crippen LogP contribution is 2.30. The fraction of sp³-hybridized carbons (Fsp3) is 0.643. The zero-order valence-corrected chi connectivity index (χ0v) is 12.8. The van der Waals surface area contributed by atoms with Crippen LogP contribution in [-0.2, 0) is 6.18 Å². The molecular weight excluding hydrogens is 285 g/mol. The van der Waals surface area contributed by atoms with Crippen molar-refractivity contribution in [2.24, 2.45) is 0 Å². The maximum atomic E-state index is 12.4. The molecule has 0 amide bonds. The number of hydrogen-bond acceptors (Lipinski definition) is 3. The van der Waals surface area contributed by atoms with E-state index in [2.05, 4.69) is 24.1 Å². The van der Waals surface area contributed by atoms with Crippen LogP contribution >= 0.6 is 11.8 Å². The van der Waals surface area contributed by atoms with Crippen LogP contribution in [0.1, 0.15) is 39.2 Å². The van der Waals surface area contributed by atoms with Crippen molar-refractivity contribution in [3.63, 3.8) is 0 Å². The van der Waals surface area contributed by atoms with Gasteiger partial charge in [-0.05, 0) is 25.5 Å². The van der Waals surface area contributed by atoms with E-state index in [-0.39, 0.29) is 5.25 Å². The largest absolute Gasteiger partial charge is 0.417 e. The third-order valence-corrected chi connectivity index (χ3v) is 3.91. The number of alkyl halides is 3. The number of halogens is 3. The predicted molar refractivity (Wildman–Crippen MR) is 76.9 cm³/mol. The molecule has 1 rings (SSSR count). The van der Waals surface area contributed by atoms with Crippen molar-refractivity contribution < 1.29 is 13.2 Å². The minimum Gasteiger partial charge on any atom is -0.313 e. The molecule has 2 unspecified atom stereocenters. The van der Waals surface area contributed by atoms with E-state index in [4.69, 9.17) is 0 Å². The van der Waals surface area contributed by atoms with Gasteiger partial charge in [0.05, 0.1) is 10.6 Å². The molecule has 0 aliphatic heterocycles. The van der Waals surface area contributed by atoms with Crippen molar-refractivity contribution in [2.75, 3.05) is 6.54 Å². The van der Waals surface area contributed by atoms with Gasteiger partial charge in [-0.1, -0.05) is 20.3 Å². The summed E-state index contributed by atoms with van der Waals surface area (Å²) >= 11 is 1.48. The van der Waals surface area contributed by atoms with Crippen LogP contribution in [0.15, 0.2) is 23.4 Å². The number of nitrogens with zero attached hydrogens (tertiary/aromatic N) is 1. The van der Waals surface area contributed by atoms with Crippen molar-refractivity contribution in [3.8, 4) is 0 Å². The Balaban J connectivity index is 2.44. The summed E-state index contributed by atoms with van der Waals surface area (Å²) in [6, 6.07) is 2.97. The molecule has 0 bridgehead atoms. The van der Waals surface area contributed by atoms with Gasteiger partial charge in [0.1, 0.15) is 0 Å². The van der Waals surface area contributed by atoms with Gasteiger partial charge < -0.3 is 5.32 Å². The normalized spacial score (nSPS) is 15.1. The minimum absolute atomic E-state index is 0.263. The molecule has 0 saturated carbocycles. The first-order valence-corrected chi connectivity index (χ1v) is 7.64. The standard InChI is InChI=1S/C14H21F3N2S/c1-4-5-10(2)18-8-11(3)20-13-7-6-12(9-19-13)14(15,16)17/h6-7,9-11,18H,4-5,8H2,1-3H3. The van der Waals surface area contributed by atoms with E-state index in [0.29, 0.717) is 11.1 Å². The van der Waals surface area contributed by atoms with Crippen LogP contribution in [0.5, 0.6) is 0 Å². The summed E-state index contributed by atoms with van der Waals surface area (Å²) in [6.45, 7) is 7.13. The van der Waals surface area contributed by atoms with E-state index in [0.717, 1.165) is 31.6 Å². The lowest BCUT2D eigenvalue weighted by atomic mass is 10.2. The molecule has 1 aromatic rings. The van der Waals surface area contributed by atoms with Crippen LogP contribution in [0.25, 0.3) is 0 Å². The molecular formula is C14H21F3N2S. The van der Waals surface area contributed by atoms with Gasteiger partial charge in [0.15, 0.2) is 0 Å². The summed E-state index contributed by atoms with van der Waals surface area (Å²) in [6.07, 6.45) is -1.17. The fourth-order valence-electron chi connectivity index (χ4n) is 1.77. The summed E-state index contributed by atoms with van der Waals surface area (Å²) in [5, 5.41) is 4.29. The first kappa shape index (κ1) is 17.3. The van der Waals surface area contributed by atoms with Crippen LogP contribution in [0, 0.1) is 0 Å². The topological polar surface area (TPSA) is 24.9 Å². The van der Waals surface area contributed by atoms with E-state index >= 15 is 0 Å². The fourth-order valence-corrected chi connectivity index (χ4v) is 2.62. The highest BCUT2D eigenvalue weighted by molar-refractivity contribution is 7.99. The second-order valence-corrected chi connectivity index (χ2v) is 6.37. The van der Waals surface area contributed by atoms with Crippen molar-refractivity contribution in [2.45, 2.75) is 56.1 Å². The van der Waals surface area contributed by atoms with E-state index in [9.17, 15) is 13.2 Å². The lowest BCUT2D eigenvalue weighted by molar-refractivity contribution is -0.137. The zero-order valence-electron chi connectivity index (χ0n) is 12.0. The van der Waals surface area contributed by atoms with Gasteiger partial charge in [0.25, 0.3) is 0 Å². The Morgan fingerprint density at radius 3 is 2.50 bits per heavy atom. The lowest BCUT2D eigenvalue weighted by Crippen LogP contribution is -2.31. The van der Waals surface area contributed by atoms with E-state index in [1.807, 2.05) is 6.92 Å². The van der Waals surface area contributed by atoms with Gasteiger partial charge in [0.2, 0.25) is 0 Å². The maximum Gasteiger partial charge on any atom is 0.417 e. The van der Waals surface area contributed by atoms with Crippen LogP contribution < -0.4 is 5.32 Å². The Labute approximate surface area is 122 Å². The van der Waals surface area contributed by atoms with E-state index in [1.54, 1.807) is 0 Å². The molecule has 1 aromatic heterocycles. The maximum absolute atomic E-state index is 12.4. The minimum atomic E-state index is -4.32. The molecule has 2 nitrogen and oxygen atoms in total. The Bertz CT molecular complexity index is 392. The van der Waals surface area contributed by atoms with Crippen molar-refractivity contribution >= 4 is 11.8 Å². The highest BCUT2D eigenvalue weighted by Gasteiger charge is 2.30. The summed E-state index contributed by atoms with van der Waals surface area (Å²) in [5.41, 5.74) is -0.704. The average Bonchev–Trinajstić information content (AvgIpc) is 2.36. The molecule has 0 fully saturated rings. The number of thioether (sulfide) groups is 1. The molecule has 2 atom stereocenters. The number of hydrogen-bond donors (Lipinski definition) is 1. The second kappa shape index (κ2) is 7.88. The zero-order chi connectivity index (χ0) is 15.2. The Morgan fingerprint density at radius 2 is 2.00 bits per heavy atom. The van der Waals surface area contributed by atoms with Gasteiger partial charge in [-0.15, -0.1) is 11.8 Å². The SMILES string of the molecule is CCCC(C)NCC(C)Sc1ccc(C(F)(F)F)cn1. The van der Waals surface area contributed by atoms with Crippen molar-refractivity contribution in [1.82, 2.24) is 10.3 Å². The molecule has 0 aliphatic carbocycles. The van der Waals surface area contributed by atoms with Gasteiger partial charge in [-0.2, -0.15) is 13.2 Å². The molecule has 0 saturated heterocycles. The van der Waals surface area contributed by atoms with Crippen LogP contribution in [0.3, 0.4) is 0 Å². The summed E-state index contributed by atoms with van der Waals surface area (Å²) < 4.78 is 37.2. The molecule has 0 aromatic carbocycles. The smallest absolute Gasteiger partial charge is 0.313 e. The predicted octanol–water partition coefficient (Wildman–Crippen LogP) is 4.36. The summed E-state index contributed by atoms with van der Waals surface area (Å²) in [7, 11) is 0. The molecule has 114 valence electrons. The molecule has 1 heterocycles. The first-order chi connectivity index (χ1) is 9.32. The number of aromatic nitrogens is 1. The van der Waals surface area contributed by atoms with Gasteiger partial charge in [-0.3, -0.25) is 0 Å². The van der Waals surface area contributed by atoms with Crippen molar-refractivity contribution in [1.29, 1.82) is 0 Å². The molecule has 6 heteroatoms. The second-order valence-electron chi connectivity index (χ2n) is 4.91. The summed E-state index contributed by atoms with van der Waals surface area (Å²) in [4.78, 5) is 3.86. The molecule has 1 N–H and O–H groups in total. The van der Waals surface area contributed by atoms with Crippen LogP contribution in [0.4, 0.5) is 13.2 Å². The molecule has 20 heavy (non-hydrogen) atoms. The van der Waals surface area contributed by atoms with Gasteiger partial charge >= 0.3 is 6.18 Å². The monoisotopic (exact) mass is 306 g/mol. The van der Waals surface area contributed by atoms with E-state index in [1.165, 1.54) is 17.8 Å². The Morgan fingerprint density at radius 1 is 1.30 bits per heavy atom. The summed E-state index contributed by atoms with van der Waals surface area (Å²) in [5.74, 6) is 0. The van der Waals surface area contributed by atoms with Gasteiger partial charge in [0, 0.05) is 24.0 Å². The van der Waals surface area contributed by atoms with E-state index < -0.39 is 11.7 Å². The molecule has 0 spiro atoms. The average molecular weight is 306 g/mol. The van der Waals surface area contributed by atoms with Crippen molar-refractivity contribution in [3.05, 3.63) is 23.9 Å². The number of pyridine rings is 1. The first-order valence-electron chi connectivity index (χ1n) is 6.76. The third kappa shape index (κ3) is 6.13. The third-order valence-electron chi connectivity index (χ3n) is 2.86. The lowest BCUT2D eigenvalue weighted by Gasteiger charge is -2.16. The highest BCUT2D eigenvalue weighted by atomic mass is 32.2. The quantitative estimate of drug-likeness (QED) is 0.758. The Kier molecular flexibility index (Phi) is 6.82. The van der Waals surface area contributed by atoms with Crippen LogP contribution in [0.2, 0.25) is 0 Å². The molecule has 0 aliphatic rings. The van der Waals surface area contributed by atoms with Gasteiger partial charge in [-0.25, -0.2) is 4.98 Å². The number of nitrogens with one attached hydrogen (secondary N) is 1. The number of rotatable bonds is 7. The van der Waals surface area contributed by atoms with Crippen LogP contribution in [-0.4, -0.2) is 22.8 Å². The molecule has 0 radical (unpaired) electrons. The Hall–Kier alpha value is -0.750.